The van der Waals surface area contributed by atoms with Crippen LogP contribution in [0.4, 0.5) is 0 Å². The molecule has 0 heterocycles. The quantitative estimate of drug-likeness (QED) is 0.661. The summed E-state index contributed by atoms with van der Waals surface area (Å²) < 4.78 is 1.09. The minimum Gasteiger partial charge on any atom is -0.508 e. The molecule has 0 unspecified atom stereocenters. The highest BCUT2D eigenvalue weighted by Gasteiger charge is 2.00. The fourth-order valence-electron chi connectivity index (χ4n) is 2.15. The van der Waals surface area contributed by atoms with Gasteiger partial charge in [0.2, 0.25) is 0 Å². The second-order valence-electron chi connectivity index (χ2n) is 4.63. The third kappa shape index (κ3) is 2.75. The molecule has 0 fully saturated rings. The fraction of sp³-hybridized carbons (Fsp3) is 0. The van der Waals surface area contributed by atoms with Gasteiger partial charge < -0.3 is 5.11 Å². The minimum atomic E-state index is 0.292. The van der Waals surface area contributed by atoms with Crippen LogP contribution >= 0.6 is 15.9 Å². The number of rotatable bonds is 2. The molecule has 0 amide bonds. The van der Waals surface area contributed by atoms with Crippen LogP contribution in [0.15, 0.2) is 77.3 Å². The SMILES string of the molecule is Oc1ccc(-c2ccc(-c3ccc(Br)cc3)cc2)cc1. The van der Waals surface area contributed by atoms with Crippen molar-refractivity contribution in [3.8, 4) is 28.0 Å². The summed E-state index contributed by atoms with van der Waals surface area (Å²) in [5, 5.41) is 9.31. The summed E-state index contributed by atoms with van der Waals surface area (Å²) in [5.41, 5.74) is 4.64. The van der Waals surface area contributed by atoms with Gasteiger partial charge in [-0.05, 0) is 46.5 Å². The fourth-order valence-corrected chi connectivity index (χ4v) is 2.42. The molecular formula is C18H13BrO. The van der Waals surface area contributed by atoms with E-state index in [0.717, 1.165) is 15.6 Å². The Morgan fingerprint density at radius 1 is 0.500 bits per heavy atom. The van der Waals surface area contributed by atoms with Crippen LogP contribution in [-0.4, -0.2) is 5.11 Å². The molecule has 20 heavy (non-hydrogen) atoms. The topological polar surface area (TPSA) is 20.2 Å². The van der Waals surface area contributed by atoms with Crippen molar-refractivity contribution in [2.45, 2.75) is 0 Å². The number of phenolic OH excluding ortho intramolecular Hbond substituents is 1. The van der Waals surface area contributed by atoms with Gasteiger partial charge in [-0.25, -0.2) is 0 Å². The van der Waals surface area contributed by atoms with Gasteiger partial charge in [0.15, 0.2) is 0 Å². The first-order valence-corrected chi connectivity index (χ1v) is 7.17. The zero-order chi connectivity index (χ0) is 13.9. The number of benzene rings is 3. The molecule has 3 rings (SSSR count). The molecule has 0 aliphatic heterocycles. The molecule has 0 spiro atoms. The molecule has 0 saturated heterocycles. The maximum atomic E-state index is 9.31. The molecule has 3 aromatic rings. The van der Waals surface area contributed by atoms with E-state index >= 15 is 0 Å². The smallest absolute Gasteiger partial charge is 0.115 e. The Balaban J connectivity index is 1.91. The lowest BCUT2D eigenvalue weighted by atomic mass is 10.0. The molecule has 1 N–H and O–H groups in total. The van der Waals surface area contributed by atoms with Crippen LogP contribution < -0.4 is 0 Å². The van der Waals surface area contributed by atoms with Crippen molar-refractivity contribution in [3.63, 3.8) is 0 Å². The van der Waals surface area contributed by atoms with Gasteiger partial charge in [0, 0.05) is 4.47 Å². The van der Waals surface area contributed by atoms with E-state index in [2.05, 4.69) is 52.3 Å². The Labute approximate surface area is 126 Å². The summed E-state index contributed by atoms with van der Waals surface area (Å²) in [6, 6.07) is 24.0. The number of halogens is 1. The standard InChI is InChI=1S/C18H13BrO/c19-17-9-5-15(6-10-17)13-1-3-14(4-2-13)16-7-11-18(20)12-8-16/h1-12,20H. The van der Waals surface area contributed by atoms with E-state index < -0.39 is 0 Å². The van der Waals surface area contributed by atoms with Gasteiger partial charge in [-0.3, -0.25) is 0 Å². The van der Waals surface area contributed by atoms with Crippen molar-refractivity contribution in [2.24, 2.45) is 0 Å². The maximum absolute atomic E-state index is 9.31. The average molecular weight is 325 g/mol. The molecule has 0 aliphatic rings. The van der Waals surface area contributed by atoms with Gasteiger partial charge in [-0.2, -0.15) is 0 Å². The van der Waals surface area contributed by atoms with Crippen LogP contribution in [0.25, 0.3) is 22.3 Å². The zero-order valence-electron chi connectivity index (χ0n) is 10.8. The van der Waals surface area contributed by atoms with Crippen molar-refractivity contribution in [3.05, 3.63) is 77.3 Å². The van der Waals surface area contributed by atoms with Gasteiger partial charge in [0.25, 0.3) is 0 Å². The third-order valence-corrected chi connectivity index (χ3v) is 3.79. The first-order chi connectivity index (χ1) is 9.72. The highest BCUT2D eigenvalue weighted by atomic mass is 79.9. The Morgan fingerprint density at radius 2 is 0.800 bits per heavy atom. The number of hydrogen-bond donors (Lipinski definition) is 1. The molecular weight excluding hydrogens is 312 g/mol. The number of phenols is 1. The predicted octanol–water partition coefficient (Wildman–Crippen LogP) is 5.49. The summed E-state index contributed by atoms with van der Waals surface area (Å²) in [7, 11) is 0. The summed E-state index contributed by atoms with van der Waals surface area (Å²) >= 11 is 3.45. The molecule has 98 valence electrons. The zero-order valence-corrected chi connectivity index (χ0v) is 12.3. The van der Waals surface area contributed by atoms with E-state index in [1.807, 2.05) is 24.3 Å². The monoisotopic (exact) mass is 324 g/mol. The van der Waals surface area contributed by atoms with E-state index in [1.54, 1.807) is 12.1 Å². The van der Waals surface area contributed by atoms with Crippen LogP contribution in [0.2, 0.25) is 0 Å². The van der Waals surface area contributed by atoms with Crippen LogP contribution in [0.5, 0.6) is 5.75 Å². The molecule has 0 bridgehead atoms. The molecule has 2 heteroatoms. The molecule has 3 aromatic carbocycles. The Hall–Kier alpha value is -2.06. The Morgan fingerprint density at radius 3 is 1.20 bits per heavy atom. The van der Waals surface area contributed by atoms with Crippen molar-refractivity contribution in [1.29, 1.82) is 0 Å². The minimum absolute atomic E-state index is 0.292. The molecule has 0 saturated carbocycles. The van der Waals surface area contributed by atoms with Gasteiger partial charge in [0.05, 0.1) is 0 Å². The Kier molecular flexibility index (Phi) is 3.57. The van der Waals surface area contributed by atoms with E-state index in [-0.39, 0.29) is 0 Å². The van der Waals surface area contributed by atoms with Gasteiger partial charge in [-0.15, -0.1) is 0 Å². The highest BCUT2D eigenvalue weighted by molar-refractivity contribution is 9.10. The van der Waals surface area contributed by atoms with Crippen molar-refractivity contribution in [2.75, 3.05) is 0 Å². The summed E-state index contributed by atoms with van der Waals surface area (Å²) in [4.78, 5) is 0. The average Bonchev–Trinajstić information content (AvgIpc) is 2.49. The van der Waals surface area contributed by atoms with E-state index in [1.165, 1.54) is 11.1 Å². The maximum Gasteiger partial charge on any atom is 0.115 e. The van der Waals surface area contributed by atoms with Crippen molar-refractivity contribution in [1.82, 2.24) is 0 Å². The molecule has 0 aromatic heterocycles. The largest absolute Gasteiger partial charge is 0.508 e. The van der Waals surface area contributed by atoms with Crippen molar-refractivity contribution >= 4 is 15.9 Å². The summed E-state index contributed by atoms with van der Waals surface area (Å²) in [6.45, 7) is 0. The van der Waals surface area contributed by atoms with Gasteiger partial charge in [-0.1, -0.05) is 64.5 Å². The number of aromatic hydroxyl groups is 1. The molecule has 0 radical (unpaired) electrons. The van der Waals surface area contributed by atoms with Crippen LogP contribution in [0.3, 0.4) is 0 Å². The van der Waals surface area contributed by atoms with Crippen LogP contribution in [0, 0.1) is 0 Å². The second kappa shape index (κ2) is 5.51. The van der Waals surface area contributed by atoms with E-state index in [9.17, 15) is 5.11 Å². The third-order valence-electron chi connectivity index (χ3n) is 3.26. The second-order valence-corrected chi connectivity index (χ2v) is 5.55. The lowest BCUT2D eigenvalue weighted by Gasteiger charge is -2.05. The predicted molar refractivity (Wildman–Crippen MR) is 86.7 cm³/mol. The molecule has 0 aliphatic carbocycles. The molecule has 1 nitrogen and oxygen atoms in total. The highest BCUT2D eigenvalue weighted by Crippen LogP contribution is 2.26. The first-order valence-electron chi connectivity index (χ1n) is 6.38. The normalized spacial score (nSPS) is 10.4. The summed E-state index contributed by atoms with van der Waals surface area (Å²) in [5.74, 6) is 0.292. The number of hydrogen-bond acceptors (Lipinski definition) is 1. The van der Waals surface area contributed by atoms with Crippen LogP contribution in [-0.2, 0) is 0 Å². The van der Waals surface area contributed by atoms with Gasteiger partial charge in [0.1, 0.15) is 5.75 Å². The Bertz CT molecular complexity index is 633. The van der Waals surface area contributed by atoms with Crippen LogP contribution in [0.1, 0.15) is 0 Å². The van der Waals surface area contributed by atoms with E-state index in [0.29, 0.717) is 5.75 Å². The lowest BCUT2D eigenvalue weighted by molar-refractivity contribution is 0.475. The summed E-state index contributed by atoms with van der Waals surface area (Å²) in [6.07, 6.45) is 0. The first kappa shape index (κ1) is 12.9. The van der Waals surface area contributed by atoms with E-state index in [4.69, 9.17) is 0 Å². The van der Waals surface area contributed by atoms with Gasteiger partial charge >= 0.3 is 0 Å². The lowest BCUT2D eigenvalue weighted by Crippen LogP contribution is -1.80. The van der Waals surface area contributed by atoms with Crippen molar-refractivity contribution < 1.29 is 5.11 Å². The molecule has 0 atom stereocenters.